The van der Waals surface area contributed by atoms with E-state index in [2.05, 4.69) is 0 Å². The van der Waals surface area contributed by atoms with Gasteiger partial charge in [0.25, 0.3) is 0 Å². The van der Waals surface area contributed by atoms with Gasteiger partial charge in [0.05, 0.1) is 6.10 Å². The number of nitrogens with two attached hydrogens (primary N) is 1. The Morgan fingerprint density at radius 3 is 2.71 bits per heavy atom. The molecule has 1 heterocycles. The molecule has 0 spiro atoms. The van der Waals surface area contributed by atoms with Crippen molar-refractivity contribution < 1.29 is 9.47 Å². The van der Waals surface area contributed by atoms with E-state index >= 15 is 0 Å². The van der Waals surface area contributed by atoms with Crippen molar-refractivity contribution in [3.8, 4) is 5.75 Å². The van der Waals surface area contributed by atoms with Crippen LogP contribution in [-0.4, -0.2) is 19.3 Å². The fourth-order valence-electron chi connectivity index (χ4n) is 2.00. The molecule has 2 rings (SSSR count). The van der Waals surface area contributed by atoms with E-state index in [9.17, 15) is 0 Å². The molecular formula is C14H21NO2. The maximum absolute atomic E-state index is 5.79. The third-order valence-electron chi connectivity index (χ3n) is 3.12. The fraction of sp³-hybridized carbons (Fsp3) is 0.571. The lowest BCUT2D eigenvalue weighted by molar-refractivity contribution is -0.0110. The highest BCUT2D eigenvalue weighted by Crippen LogP contribution is 2.18. The highest BCUT2D eigenvalue weighted by Gasteiger charge is 2.14. The van der Waals surface area contributed by atoms with Gasteiger partial charge in [-0.25, -0.2) is 0 Å². The molecule has 1 aromatic carbocycles. The van der Waals surface area contributed by atoms with Crippen LogP contribution in [0, 0.1) is 0 Å². The molecule has 0 aliphatic carbocycles. The fourth-order valence-corrected chi connectivity index (χ4v) is 2.00. The molecule has 1 aliphatic rings. The Morgan fingerprint density at radius 2 is 2.12 bits per heavy atom. The Kier molecular flexibility index (Phi) is 4.40. The van der Waals surface area contributed by atoms with Crippen LogP contribution in [0.3, 0.4) is 0 Å². The number of ether oxygens (including phenoxy) is 2. The molecule has 1 unspecified atom stereocenters. The monoisotopic (exact) mass is 235 g/mol. The third kappa shape index (κ3) is 3.72. The first-order valence-electron chi connectivity index (χ1n) is 6.35. The molecule has 17 heavy (non-hydrogen) atoms. The van der Waals surface area contributed by atoms with Gasteiger partial charge in [-0.15, -0.1) is 0 Å². The van der Waals surface area contributed by atoms with Gasteiger partial charge in [-0.05, 0) is 43.9 Å². The number of rotatable bonds is 4. The summed E-state index contributed by atoms with van der Waals surface area (Å²) in [4.78, 5) is 0. The molecule has 1 fully saturated rings. The Bertz CT molecular complexity index is 329. The topological polar surface area (TPSA) is 44.5 Å². The third-order valence-corrected chi connectivity index (χ3v) is 3.12. The number of hydrogen-bond donors (Lipinski definition) is 1. The van der Waals surface area contributed by atoms with Crippen LogP contribution < -0.4 is 10.5 Å². The Balaban J connectivity index is 1.82. The van der Waals surface area contributed by atoms with Crippen molar-refractivity contribution in [1.29, 1.82) is 0 Å². The van der Waals surface area contributed by atoms with Crippen LogP contribution in [0.1, 0.15) is 37.8 Å². The van der Waals surface area contributed by atoms with Gasteiger partial charge in [0.1, 0.15) is 12.4 Å². The second-order valence-corrected chi connectivity index (χ2v) is 4.66. The average molecular weight is 235 g/mol. The Morgan fingerprint density at radius 1 is 1.35 bits per heavy atom. The van der Waals surface area contributed by atoms with E-state index in [0.717, 1.165) is 24.3 Å². The Labute approximate surface area is 103 Å². The summed E-state index contributed by atoms with van der Waals surface area (Å²) >= 11 is 0. The van der Waals surface area contributed by atoms with Crippen molar-refractivity contribution in [2.45, 2.75) is 38.3 Å². The van der Waals surface area contributed by atoms with Crippen molar-refractivity contribution in [2.75, 3.05) is 13.2 Å². The summed E-state index contributed by atoms with van der Waals surface area (Å²) < 4.78 is 11.3. The van der Waals surface area contributed by atoms with Gasteiger partial charge in [0.15, 0.2) is 0 Å². The second kappa shape index (κ2) is 6.03. The summed E-state index contributed by atoms with van der Waals surface area (Å²) in [5.41, 5.74) is 6.92. The smallest absolute Gasteiger partial charge is 0.119 e. The molecule has 1 saturated heterocycles. The molecule has 0 radical (unpaired) electrons. The van der Waals surface area contributed by atoms with Gasteiger partial charge >= 0.3 is 0 Å². The highest BCUT2D eigenvalue weighted by molar-refractivity contribution is 5.28. The van der Waals surface area contributed by atoms with E-state index in [1.165, 1.54) is 12.8 Å². The molecule has 3 heteroatoms. The maximum Gasteiger partial charge on any atom is 0.119 e. The van der Waals surface area contributed by atoms with Crippen molar-refractivity contribution in [2.24, 2.45) is 5.73 Å². The molecule has 0 amide bonds. The van der Waals surface area contributed by atoms with E-state index in [1.54, 1.807) is 0 Å². The first-order chi connectivity index (χ1) is 8.25. The van der Waals surface area contributed by atoms with E-state index < -0.39 is 0 Å². The zero-order valence-electron chi connectivity index (χ0n) is 10.4. The highest BCUT2D eigenvalue weighted by atomic mass is 16.5. The van der Waals surface area contributed by atoms with Crippen LogP contribution >= 0.6 is 0 Å². The summed E-state index contributed by atoms with van der Waals surface area (Å²) in [5, 5.41) is 0. The normalized spacial score (nSPS) is 22.1. The molecule has 1 aliphatic heterocycles. The first kappa shape index (κ1) is 12.4. The van der Waals surface area contributed by atoms with Gasteiger partial charge < -0.3 is 15.2 Å². The molecule has 2 N–H and O–H groups in total. The van der Waals surface area contributed by atoms with Crippen molar-refractivity contribution >= 4 is 0 Å². The molecule has 2 atom stereocenters. The predicted molar refractivity (Wildman–Crippen MR) is 68.1 cm³/mol. The van der Waals surface area contributed by atoms with Gasteiger partial charge in [0, 0.05) is 12.6 Å². The lowest BCUT2D eigenvalue weighted by atomic mass is 10.1. The molecule has 0 bridgehead atoms. The van der Waals surface area contributed by atoms with E-state index in [1.807, 2.05) is 31.2 Å². The lowest BCUT2D eigenvalue weighted by Gasteiger charge is -2.22. The summed E-state index contributed by atoms with van der Waals surface area (Å²) in [6.07, 6.45) is 3.80. The quantitative estimate of drug-likeness (QED) is 0.872. The predicted octanol–water partition coefficient (Wildman–Crippen LogP) is 2.65. The van der Waals surface area contributed by atoms with Crippen LogP contribution in [0.4, 0.5) is 0 Å². The van der Waals surface area contributed by atoms with Crippen LogP contribution in [0.2, 0.25) is 0 Å². The lowest BCUT2D eigenvalue weighted by Crippen LogP contribution is -2.25. The van der Waals surface area contributed by atoms with Crippen LogP contribution in [0.15, 0.2) is 24.3 Å². The van der Waals surface area contributed by atoms with E-state index in [-0.39, 0.29) is 12.1 Å². The summed E-state index contributed by atoms with van der Waals surface area (Å²) in [6.45, 7) is 3.50. The minimum atomic E-state index is 0.0747. The largest absolute Gasteiger partial charge is 0.491 e. The van der Waals surface area contributed by atoms with Crippen molar-refractivity contribution in [3.05, 3.63) is 29.8 Å². The van der Waals surface area contributed by atoms with Gasteiger partial charge in [0.2, 0.25) is 0 Å². The summed E-state index contributed by atoms with van der Waals surface area (Å²) in [7, 11) is 0. The van der Waals surface area contributed by atoms with E-state index in [0.29, 0.717) is 6.61 Å². The molecule has 0 aromatic heterocycles. The molecule has 94 valence electrons. The van der Waals surface area contributed by atoms with Crippen molar-refractivity contribution in [1.82, 2.24) is 0 Å². The minimum absolute atomic E-state index is 0.0747. The molecule has 0 saturated carbocycles. The number of hydrogen-bond acceptors (Lipinski definition) is 3. The van der Waals surface area contributed by atoms with Gasteiger partial charge in [-0.3, -0.25) is 0 Å². The first-order valence-corrected chi connectivity index (χ1v) is 6.35. The van der Waals surface area contributed by atoms with Crippen LogP contribution in [0.5, 0.6) is 5.75 Å². The van der Waals surface area contributed by atoms with Crippen LogP contribution in [-0.2, 0) is 4.74 Å². The van der Waals surface area contributed by atoms with Crippen LogP contribution in [0.25, 0.3) is 0 Å². The van der Waals surface area contributed by atoms with E-state index in [4.69, 9.17) is 15.2 Å². The summed E-state index contributed by atoms with van der Waals surface area (Å²) in [5.74, 6) is 0.892. The number of benzene rings is 1. The standard InChI is InChI=1S/C14H21NO2/c1-11(15)12-5-7-13(8-6-12)17-10-14-4-2-3-9-16-14/h5-8,11,14H,2-4,9-10,15H2,1H3/t11-,14?/m0/s1. The van der Waals surface area contributed by atoms with Gasteiger partial charge in [-0.1, -0.05) is 12.1 Å². The Hall–Kier alpha value is -1.06. The summed E-state index contributed by atoms with van der Waals surface area (Å²) in [6, 6.07) is 8.05. The SMILES string of the molecule is C[C@H](N)c1ccc(OCC2CCCCO2)cc1. The zero-order chi connectivity index (χ0) is 12.1. The van der Waals surface area contributed by atoms with Gasteiger partial charge in [-0.2, -0.15) is 0 Å². The average Bonchev–Trinajstić information content (AvgIpc) is 2.38. The van der Waals surface area contributed by atoms with Crippen molar-refractivity contribution in [3.63, 3.8) is 0 Å². The zero-order valence-corrected chi connectivity index (χ0v) is 10.4. The second-order valence-electron chi connectivity index (χ2n) is 4.66. The molecule has 3 nitrogen and oxygen atoms in total. The molecular weight excluding hydrogens is 214 g/mol. The maximum atomic E-state index is 5.79. The minimum Gasteiger partial charge on any atom is -0.491 e. The molecule has 1 aromatic rings.